The maximum absolute atomic E-state index is 5.75. The van der Waals surface area contributed by atoms with E-state index in [1.165, 1.54) is 0 Å². The quantitative estimate of drug-likeness (QED) is 0.897. The van der Waals surface area contributed by atoms with Crippen LogP contribution in [0.15, 0.2) is 28.9 Å². The highest BCUT2D eigenvalue weighted by Gasteiger charge is 2.25. The van der Waals surface area contributed by atoms with E-state index in [2.05, 4.69) is 5.16 Å². The number of benzene rings is 1. The second-order valence-corrected chi connectivity index (χ2v) is 4.29. The Hall–Kier alpha value is -2.17. The van der Waals surface area contributed by atoms with E-state index in [9.17, 15) is 0 Å². The Morgan fingerprint density at radius 2 is 2.17 bits per heavy atom. The number of ether oxygens (including phenoxy) is 2. The van der Waals surface area contributed by atoms with Crippen molar-refractivity contribution < 1.29 is 14.0 Å². The van der Waals surface area contributed by atoms with Crippen LogP contribution in [0.5, 0.6) is 11.5 Å². The summed E-state index contributed by atoms with van der Waals surface area (Å²) in [5, 5.41) is 3.66. The van der Waals surface area contributed by atoms with Crippen molar-refractivity contribution in [3.63, 3.8) is 0 Å². The highest BCUT2D eigenvalue weighted by molar-refractivity contribution is 5.74. The van der Waals surface area contributed by atoms with Gasteiger partial charge in [0, 0.05) is 0 Å². The summed E-state index contributed by atoms with van der Waals surface area (Å²) < 4.78 is 15.9. The normalized spacial score (nSPS) is 14.5. The number of anilines is 1. The zero-order valence-electron chi connectivity index (χ0n) is 10.1. The van der Waals surface area contributed by atoms with Gasteiger partial charge in [-0.25, -0.2) is 0 Å². The Balaban J connectivity index is 1.95. The predicted octanol–water partition coefficient (Wildman–Crippen LogP) is 2.47. The van der Waals surface area contributed by atoms with Crippen LogP contribution >= 0.6 is 0 Å². The molecule has 0 radical (unpaired) electrons. The average Bonchev–Trinajstić information content (AvgIpc) is 3.10. The van der Waals surface area contributed by atoms with Gasteiger partial charge in [-0.3, -0.25) is 0 Å². The molecule has 1 saturated carbocycles. The molecule has 1 fully saturated rings. The second kappa shape index (κ2) is 4.25. The van der Waals surface area contributed by atoms with Crippen LogP contribution in [0.1, 0.15) is 12.8 Å². The Bertz CT molecular complexity index is 561. The standard InChI is InChI=1S/C13H14N2O3/c1-16-12-6-8(10-7-15-18-13(10)14)2-5-11(12)17-9-3-4-9/h2,5-7,9H,3-4,14H2,1H3. The Morgan fingerprint density at radius 3 is 2.78 bits per heavy atom. The van der Waals surface area contributed by atoms with Crippen molar-refractivity contribution in [2.45, 2.75) is 18.9 Å². The molecular weight excluding hydrogens is 232 g/mol. The molecule has 3 rings (SSSR count). The van der Waals surface area contributed by atoms with Crippen molar-refractivity contribution in [1.82, 2.24) is 5.16 Å². The van der Waals surface area contributed by atoms with Crippen molar-refractivity contribution in [2.75, 3.05) is 12.8 Å². The molecule has 0 aliphatic heterocycles. The first-order chi connectivity index (χ1) is 8.78. The number of aromatic nitrogens is 1. The van der Waals surface area contributed by atoms with Crippen LogP contribution in [-0.4, -0.2) is 18.4 Å². The predicted molar refractivity (Wildman–Crippen MR) is 66.6 cm³/mol. The zero-order chi connectivity index (χ0) is 12.5. The molecule has 0 bridgehead atoms. The van der Waals surface area contributed by atoms with Crippen LogP contribution in [0.2, 0.25) is 0 Å². The summed E-state index contributed by atoms with van der Waals surface area (Å²) in [5.74, 6) is 1.76. The van der Waals surface area contributed by atoms with Gasteiger partial charge < -0.3 is 19.7 Å². The van der Waals surface area contributed by atoms with Crippen molar-refractivity contribution in [1.29, 1.82) is 0 Å². The fourth-order valence-electron chi connectivity index (χ4n) is 1.76. The first-order valence-electron chi connectivity index (χ1n) is 5.83. The number of hydrogen-bond acceptors (Lipinski definition) is 5. The Kier molecular flexibility index (Phi) is 2.59. The summed E-state index contributed by atoms with van der Waals surface area (Å²) in [7, 11) is 1.62. The fraction of sp³-hybridized carbons (Fsp3) is 0.308. The number of rotatable bonds is 4. The molecule has 0 unspecified atom stereocenters. The van der Waals surface area contributed by atoms with Gasteiger partial charge in [0.1, 0.15) is 0 Å². The molecule has 0 spiro atoms. The van der Waals surface area contributed by atoms with Crippen molar-refractivity contribution in [3.8, 4) is 22.6 Å². The molecule has 18 heavy (non-hydrogen) atoms. The lowest BCUT2D eigenvalue weighted by Gasteiger charge is -2.11. The molecule has 0 saturated heterocycles. The summed E-state index contributed by atoms with van der Waals surface area (Å²) in [6.07, 6.45) is 4.16. The summed E-state index contributed by atoms with van der Waals surface area (Å²) in [4.78, 5) is 0. The van der Waals surface area contributed by atoms with E-state index >= 15 is 0 Å². The molecule has 1 aliphatic carbocycles. The molecule has 1 aromatic heterocycles. The van der Waals surface area contributed by atoms with Gasteiger partial charge in [-0.15, -0.1) is 0 Å². The fourth-order valence-corrected chi connectivity index (χ4v) is 1.76. The molecular formula is C13H14N2O3. The highest BCUT2D eigenvalue weighted by Crippen LogP contribution is 2.37. The topological polar surface area (TPSA) is 70.5 Å². The molecule has 0 amide bonds. The number of nitrogens with zero attached hydrogens (tertiary/aromatic N) is 1. The molecule has 2 aromatic rings. The zero-order valence-corrected chi connectivity index (χ0v) is 10.1. The summed E-state index contributed by atoms with van der Waals surface area (Å²) >= 11 is 0. The molecule has 94 valence electrons. The van der Waals surface area contributed by atoms with E-state index in [1.54, 1.807) is 13.3 Å². The van der Waals surface area contributed by atoms with Gasteiger partial charge >= 0.3 is 0 Å². The number of nitrogen functional groups attached to an aromatic ring is 1. The summed E-state index contributed by atoms with van der Waals surface area (Å²) in [5.41, 5.74) is 7.34. The minimum absolute atomic E-state index is 0.299. The van der Waals surface area contributed by atoms with Crippen LogP contribution in [0.25, 0.3) is 11.1 Å². The van der Waals surface area contributed by atoms with Gasteiger partial charge in [0.05, 0.1) is 25.0 Å². The maximum Gasteiger partial charge on any atom is 0.229 e. The van der Waals surface area contributed by atoms with E-state index in [4.69, 9.17) is 19.7 Å². The maximum atomic E-state index is 5.75. The van der Waals surface area contributed by atoms with Gasteiger partial charge in [0.2, 0.25) is 5.88 Å². The second-order valence-electron chi connectivity index (χ2n) is 4.29. The highest BCUT2D eigenvalue weighted by atomic mass is 16.5. The third kappa shape index (κ3) is 1.99. The van der Waals surface area contributed by atoms with Gasteiger partial charge in [-0.05, 0) is 30.5 Å². The summed E-state index contributed by atoms with van der Waals surface area (Å²) in [6.45, 7) is 0. The molecule has 0 atom stereocenters. The van der Waals surface area contributed by atoms with Crippen molar-refractivity contribution in [2.24, 2.45) is 0 Å². The average molecular weight is 246 g/mol. The van der Waals surface area contributed by atoms with E-state index in [0.717, 1.165) is 29.7 Å². The third-order valence-corrected chi connectivity index (χ3v) is 2.89. The molecule has 5 heteroatoms. The van der Waals surface area contributed by atoms with Crippen molar-refractivity contribution >= 4 is 5.88 Å². The number of methoxy groups -OCH3 is 1. The minimum atomic E-state index is 0.299. The first-order valence-corrected chi connectivity index (χ1v) is 5.83. The largest absolute Gasteiger partial charge is 0.493 e. The van der Waals surface area contributed by atoms with E-state index in [-0.39, 0.29) is 0 Å². The van der Waals surface area contributed by atoms with Crippen LogP contribution in [0.4, 0.5) is 5.88 Å². The van der Waals surface area contributed by atoms with E-state index in [0.29, 0.717) is 17.7 Å². The Morgan fingerprint density at radius 1 is 1.33 bits per heavy atom. The van der Waals surface area contributed by atoms with Crippen molar-refractivity contribution in [3.05, 3.63) is 24.4 Å². The third-order valence-electron chi connectivity index (χ3n) is 2.89. The number of nitrogens with two attached hydrogens (primary N) is 1. The monoisotopic (exact) mass is 246 g/mol. The van der Waals surface area contributed by atoms with Crippen LogP contribution < -0.4 is 15.2 Å². The lowest BCUT2D eigenvalue weighted by atomic mass is 10.1. The molecule has 1 aromatic carbocycles. The lowest BCUT2D eigenvalue weighted by molar-refractivity contribution is 0.282. The lowest BCUT2D eigenvalue weighted by Crippen LogP contribution is -1.98. The van der Waals surface area contributed by atoms with E-state index in [1.807, 2.05) is 18.2 Å². The van der Waals surface area contributed by atoms with Gasteiger partial charge in [-0.1, -0.05) is 11.2 Å². The van der Waals surface area contributed by atoms with Crippen LogP contribution in [-0.2, 0) is 0 Å². The van der Waals surface area contributed by atoms with Crippen LogP contribution in [0.3, 0.4) is 0 Å². The number of hydrogen-bond donors (Lipinski definition) is 1. The van der Waals surface area contributed by atoms with Gasteiger partial charge in [0.25, 0.3) is 0 Å². The first kappa shape index (κ1) is 11.0. The SMILES string of the molecule is COc1cc(-c2cnoc2N)ccc1OC1CC1. The Labute approximate surface area is 104 Å². The van der Waals surface area contributed by atoms with Crippen LogP contribution in [0, 0.1) is 0 Å². The minimum Gasteiger partial charge on any atom is -0.493 e. The van der Waals surface area contributed by atoms with E-state index < -0.39 is 0 Å². The molecule has 1 aliphatic rings. The molecule has 1 heterocycles. The summed E-state index contributed by atoms with van der Waals surface area (Å²) in [6, 6.07) is 5.68. The smallest absolute Gasteiger partial charge is 0.229 e. The van der Waals surface area contributed by atoms with Gasteiger partial charge in [-0.2, -0.15) is 0 Å². The molecule has 5 nitrogen and oxygen atoms in total. The molecule has 2 N–H and O–H groups in total. The van der Waals surface area contributed by atoms with Gasteiger partial charge in [0.15, 0.2) is 11.5 Å².